The highest BCUT2D eigenvalue weighted by molar-refractivity contribution is 6.01. The normalized spacial score (nSPS) is 14.1. The average Bonchev–Trinajstić information content (AvgIpc) is 2.77. The Morgan fingerprint density at radius 2 is 1.82 bits per heavy atom. The highest BCUT2D eigenvalue weighted by Gasteiger charge is 2.47. The lowest BCUT2D eigenvalue weighted by Gasteiger charge is -2.46. The number of nitrogens with two attached hydrogens (primary N) is 1. The lowest BCUT2D eigenvalue weighted by Crippen LogP contribution is -2.61. The third-order valence-corrected chi connectivity index (χ3v) is 5.05. The number of aryl methyl sites for hydroxylation is 1. The maximum atomic E-state index is 14.6. The molecule has 0 saturated carbocycles. The van der Waals surface area contributed by atoms with E-state index in [9.17, 15) is 23.1 Å². The minimum Gasteiger partial charge on any atom is -0.380 e. The maximum Gasteiger partial charge on any atom is 0.256 e. The number of hydrogen-bond acceptors (Lipinski definition) is 6. The number of carbonyl (C=O) groups excluding carboxylic acids is 1. The number of nitrogen functional groups attached to an aromatic ring is 1. The van der Waals surface area contributed by atoms with Crippen molar-refractivity contribution in [2.24, 2.45) is 0 Å². The largest absolute Gasteiger partial charge is 0.380 e. The molecule has 4 N–H and O–H groups in total. The van der Waals surface area contributed by atoms with Crippen molar-refractivity contribution < 1.29 is 23.1 Å². The van der Waals surface area contributed by atoms with Crippen LogP contribution in [0.5, 0.6) is 0 Å². The van der Waals surface area contributed by atoms with Gasteiger partial charge in [-0.05, 0) is 42.8 Å². The molecule has 0 unspecified atom stereocenters. The summed E-state index contributed by atoms with van der Waals surface area (Å²) in [6.45, 7) is 5.40. The zero-order chi connectivity index (χ0) is 24.3. The van der Waals surface area contributed by atoms with Crippen molar-refractivity contribution in [3.63, 3.8) is 0 Å². The predicted octanol–water partition coefficient (Wildman–Crippen LogP) is 3.90. The van der Waals surface area contributed by atoms with Crippen molar-refractivity contribution in [2.45, 2.75) is 26.4 Å². The number of carbonyl (C=O) groups is 1. The van der Waals surface area contributed by atoms with Crippen LogP contribution in [0.4, 0.5) is 30.5 Å². The first-order valence-corrected chi connectivity index (χ1v) is 10.3. The number of rotatable bonds is 4. The molecule has 1 aliphatic rings. The van der Waals surface area contributed by atoms with Gasteiger partial charge in [0.2, 0.25) is 5.95 Å². The summed E-state index contributed by atoms with van der Waals surface area (Å²) in [4.78, 5) is 21.9. The SMILES string of the molecule is CC.Cc1ccc(Nc2c(C(=O)N3CC(O)(c4ccnc(N)n4)C3)ccc(F)c2F)c(F)c1. The minimum atomic E-state index is -1.44. The molecule has 1 aromatic heterocycles. The summed E-state index contributed by atoms with van der Waals surface area (Å²) in [6.07, 6.45) is 1.38. The average molecular weight is 459 g/mol. The van der Waals surface area contributed by atoms with Crippen molar-refractivity contribution in [3.05, 3.63) is 76.9 Å². The summed E-state index contributed by atoms with van der Waals surface area (Å²) in [6, 6.07) is 7.58. The molecule has 7 nitrogen and oxygen atoms in total. The molecular formula is C23H24F3N5O2. The molecule has 1 saturated heterocycles. The Morgan fingerprint density at radius 1 is 1.12 bits per heavy atom. The maximum absolute atomic E-state index is 14.6. The standard InChI is InChI=1S/C21H18F3N5O2.C2H6/c1-11-2-5-15(14(23)8-11)27-18-12(3-4-13(22)17(18)24)19(30)29-9-21(31,10-29)16-6-7-26-20(25)28-16;1-2/h2-8,27,31H,9-10H2,1H3,(H2,25,26,28);1-2H3. The number of aromatic nitrogens is 2. The number of nitrogens with zero attached hydrogens (tertiary/aromatic N) is 3. The fraction of sp³-hybridized carbons (Fsp3) is 0.261. The Labute approximate surface area is 189 Å². The van der Waals surface area contributed by atoms with Gasteiger partial charge in [0.1, 0.15) is 11.4 Å². The van der Waals surface area contributed by atoms with Gasteiger partial charge in [0.25, 0.3) is 5.91 Å². The molecule has 4 rings (SSSR count). The Hall–Kier alpha value is -3.66. The fourth-order valence-electron chi connectivity index (χ4n) is 3.40. The van der Waals surface area contributed by atoms with Gasteiger partial charge in [-0.3, -0.25) is 4.79 Å². The Balaban J connectivity index is 0.00000149. The van der Waals surface area contributed by atoms with Crippen molar-refractivity contribution in [2.75, 3.05) is 24.1 Å². The fourth-order valence-corrected chi connectivity index (χ4v) is 3.40. The highest BCUT2D eigenvalue weighted by Crippen LogP contribution is 2.35. The van der Waals surface area contributed by atoms with Gasteiger partial charge in [-0.1, -0.05) is 19.9 Å². The minimum absolute atomic E-state index is 0.0251. The summed E-state index contributed by atoms with van der Waals surface area (Å²) in [7, 11) is 0. The molecule has 10 heteroatoms. The third kappa shape index (κ3) is 4.75. The van der Waals surface area contributed by atoms with Crippen LogP contribution in [-0.4, -0.2) is 39.0 Å². The number of amides is 1. The zero-order valence-corrected chi connectivity index (χ0v) is 18.4. The van der Waals surface area contributed by atoms with E-state index in [1.807, 2.05) is 13.8 Å². The second kappa shape index (κ2) is 9.45. The predicted molar refractivity (Wildman–Crippen MR) is 118 cm³/mol. The molecular weight excluding hydrogens is 435 g/mol. The molecule has 3 aromatic rings. The number of nitrogens with one attached hydrogen (secondary N) is 1. The van der Waals surface area contributed by atoms with E-state index in [1.54, 1.807) is 13.0 Å². The van der Waals surface area contributed by atoms with E-state index in [0.29, 0.717) is 5.56 Å². The Kier molecular flexibility index (Phi) is 6.87. The van der Waals surface area contributed by atoms with Crippen molar-refractivity contribution in [1.29, 1.82) is 0 Å². The first-order chi connectivity index (χ1) is 15.7. The molecule has 0 aliphatic carbocycles. The summed E-state index contributed by atoms with van der Waals surface area (Å²) in [5.74, 6) is -3.88. The molecule has 1 fully saturated rings. The molecule has 0 bridgehead atoms. The van der Waals surface area contributed by atoms with E-state index >= 15 is 0 Å². The summed E-state index contributed by atoms with van der Waals surface area (Å²) in [5, 5.41) is 13.2. The van der Waals surface area contributed by atoms with Gasteiger partial charge in [-0.2, -0.15) is 0 Å². The van der Waals surface area contributed by atoms with Crippen LogP contribution >= 0.6 is 0 Å². The van der Waals surface area contributed by atoms with E-state index in [1.165, 1.54) is 29.3 Å². The lowest BCUT2D eigenvalue weighted by atomic mass is 9.89. The Morgan fingerprint density at radius 3 is 2.45 bits per heavy atom. The molecule has 2 aromatic carbocycles. The van der Waals surface area contributed by atoms with Crippen molar-refractivity contribution >= 4 is 23.2 Å². The number of aliphatic hydroxyl groups is 1. The second-order valence-corrected chi connectivity index (χ2v) is 7.39. The van der Waals surface area contributed by atoms with Crippen LogP contribution in [0.2, 0.25) is 0 Å². The van der Waals surface area contributed by atoms with Crippen LogP contribution in [0.25, 0.3) is 0 Å². The smallest absolute Gasteiger partial charge is 0.256 e. The molecule has 0 spiro atoms. The number of β-amino-alcohol motifs (C(OH)–C–C–N with tert-alkyl or cyclic N) is 1. The van der Waals surface area contributed by atoms with Gasteiger partial charge in [0.15, 0.2) is 11.6 Å². The number of benzene rings is 2. The molecule has 174 valence electrons. The van der Waals surface area contributed by atoms with Gasteiger partial charge in [-0.15, -0.1) is 0 Å². The third-order valence-electron chi connectivity index (χ3n) is 5.05. The van der Waals surface area contributed by atoms with Crippen LogP contribution in [-0.2, 0) is 5.60 Å². The van der Waals surface area contributed by atoms with Crippen LogP contribution < -0.4 is 11.1 Å². The molecule has 0 atom stereocenters. The van der Waals surface area contributed by atoms with Gasteiger partial charge in [-0.25, -0.2) is 23.1 Å². The summed E-state index contributed by atoms with van der Waals surface area (Å²) >= 11 is 0. The number of likely N-dealkylation sites (tertiary alicyclic amines) is 1. The number of anilines is 3. The lowest BCUT2D eigenvalue weighted by molar-refractivity contribution is -0.0891. The summed E-state index contributed by atoms with van der Waals surface area (Å²) < 4.78 is 42.7. The van der Waals surface area contributed by atoms with E-state index in [2.05, 4.69) is 15.3 Å². The van der Waals surface area contributed by atoms with Crippen molar-refractivity contribution in [3.8, 4) is 0 Å². The van der Waals surface area contributed by atoms with E-state index in [0.717, 1.165) is 12.1 Å². The monoisotopic (exact) mass is 459 g/mol. The zero-order valence-electron chi connectivity index (χ0n) is 18.4. The van der Waals surface area contributed by atoms with Gasteiger partial charge in [0.05, 0.1) is 35.7 Å². The van der Waals surface area contributed by atoms with Crippen molar-refractivity contribution in [1.82, 2.24) is 14.9 Å². The molecule has 2 heterocycles. The quantitative estimate of drug-likeness (QED) is 0.547. The first-order valence-electron chi connectivity index (χ1n) is 10.3. The first kappa shape index (κ1) is 24.0. The molecule has 0 radical (unpaired) electrons. The van der Waals surface area contributed by atoms with E-state index < -0.39 is 34.6 Å². The number of hydrogen-bond donors (Lipinski definition) is 3. The Bertz CT molecular complexity index is 1180. The van der Waals surface area contributed by atoms with E-state index in [4.69, 9.17) is 5.73 Å². The van der Waals surface area contributed by atoms with Gasteiger partial charge in [0, 0.05) is 6.20 Å². The van der Waals surface area contributed by atoms with Crippen LogP contribution in [0.3, 0.4) is 0 Å². The van der Waals surface area contributed by atoms with Gasteiger partial charge >= 0.3 is 0 Å². The van der Waals surface area contributed by atoms with E-state index in [-0.39, 0.29) is 36.0 Å². The van der Waals surface area contributed by atoms with Gasteiger partial charge < -0.3 is 21.1 Å². The van der Waals surface area contributed by atoms with Crippen LogP contribution in [0.1, 0.15) is 35.5 Å². The molecule has 1 amide bonds. The number of halogens is 3. The van der Waals surface area contributed by atoms with Crippen LogP contribution in [0.15, 0.2) is 42.6 Å². The highest BCUT2D eigenvalue weighted by atomic mass is 19.2. The van der Waals surface area contributed by atoms with Crippen LogP contribution in [0, 0.1) is 24.4 Å². The molecule has 33 heavy (non-hydrogen) atoms. The summed E-state index contributed by atoms with van der Waals surface area (Å²) in [5.41, 5.74) is 4.17. The topological polar surface area (TPSA) is 104 Å². The second-order valence-electron chi connectivity index (χ2n) is 7.39. The molecule has 1 aliphatic heterocycles.